The van der Waals surface area contributed by atoms with E-state index in [0.717, 1.165) is 11.4 Å². The Morgan fingerprint density at radius 1 is 0.383 bits per heavy atom. The fourth-order valence-corrected chi connectivity index (χ4v) is 11.8. The van der Waals surface area contributed by atoms with E-state index in [2.05, 4.69) is 231 Å². The van der Waals surface area contributed by atoms with Crippen molar-refractivity contribution in [3.05, 3.63) is 246 Å². The van der Waals surface area contributed by atoms with Crippen LogP contribution in [0.3, 0.4) is 0 Å². The van der Waals surface area contributed by atoms with Crippen LogP contribution in [-0.4, -0.2) is 0 Å². The van der Waals surface area contributed by atoms with E-state index in [-0.39, 0.29) is 5.41 Å². The first kappa shape index (κ1) is 35.0. The van der Waals surface area contributed by atoms with Gasteiger partial charge in [-0.1, -0.05) is 190 Å². The lowest BCUT2D eigenvalue weighted by atomic mass is 9.67. The zero-order valence-electron chi connectivity index (χ0n) is 33.6. The lowest BCUT2D eigenvalue weighted by molar-refractivity contribution is 0.660. The lowest BCUT2D eigenvalue weighted by Gasteiger charge is -2.33. The van der Waals surface area contributed by atoms with Crippen molar-refractivity contribution < 1.29 is 0 Å². The zero-order chi connectivity index (χ0) is 40.0. The van der Waals surface area contributed by atoms with E-state index < -0.39 is 5.41 Å². The Hall–Kier alpha value is -7.00. The Morgan fingerprint density at radius 2 is 0.950 bits per heavy atom. The van der Waals surface area contributed by atoms with Crippen LogP contribution in [0, 0.1) is 0 Å². The van der Waals surface area contributed by atoms with Crippen LogP contribution in [0.5, 0.6) is 0 Å². The van der Waals surface area contributed by atoms with Crippen LogP contribution >= 0.6 is 11.3 Å². The molecule has 1 nitrogen and oxygen atoms in total. The van der Waals surface area contributed by atoms with Crippen LogP contribution in [0.25, 0.3) is 53.6 Å². The van der Waals surface area contributed by atoms with Crippen molar-refractivity contribution in [1.29, 1.82) is 0 Å². The van der Waals surface area contributed by atoms with Crippen molar-refractivity contribution in [3.63, 3.8) is 0 Å². The van der Waals surface area contributed by atoms with Gasteiger partial charge in [-0.3, -0.25) is 0 Å². The Bertz CT molecular complexity index is 3240. The summed E-state index contributed by atoms with van der Waals surface area (Å²) in [5.41, 5.74) is 18.6. The third kappa shape index (κ3) is 4.98. The van der Waals surface area contributed by atoms with Gasteiger partial charge in [0.15, 0.2) is 0 Å². The summed E-state index contributed by atoms with van der Waals surface area (Å²) in [7, 11) is 0. The van der Waals surface area contributed by atoms with Gasteiger partial charge >= 0.3 is 0 Å². The van der Waals surface area contributed by atoms with Crippen LogP contribution in [0.15, 0.2) is 212 Å². The number of rotatable bonds is 6. The van der Waals surface area contributed by atoms with Crippen LogP contribution in [0.4, 0.5) is 17.1 Å². The first-order chi connectivity index (χ1) is 29.5. The molecule has 0 radical (unpaired) electrons. The molecular weight excluding hydrogens is 743 g/mol. The highest BCUT2D eigenvalue weighted by atomic mass is 32.1. The second-order valence-electron chi connectivity index (χ2n) is 16.8. The van der Waals surface area contributed by atoms with Gasteiger partial charge in [0, 0.05) is 32.3 Å². The molecule has 0 amide bonds. The van der Waals surface area contributed by atoms with Gasteiger partial charge in [0.25, 0.3) is 0 Å². The van der Waals surface area contributed by atoms with E-state index in [0.29, 0.717) is 0 Å². The molecular formula is C58H41NS. The minimum Gasteiger partial charge on any atom is -0.309 e. The molecule has 60 heavy (non-hydrogen) atoms. The van der Waals surface area contributed by atoms with E-state index in [1.54, 1.807) is 0 Å². The number of benzene rings is 9. The molecule has 0 fully saturated rings. The van der Waals surface area contributed by atoms with Gasteiger partial charge in [-0.15, -0.1) is 11.3 Å². The summed E-state index contributed by atoms with van der Waals surface area (Å²) < 4.78 is 2.57. The predicted molar refractivity (Wildman–Crippen MR) is 254 cm³/mol. The maximum absolute atomic E-state index is 2.49. The van der Waals surface area contributed by atoms with E-state index in [1.165, 1.54) is 92.6 Å². The Morgan fingerprint density at radius 3 is 1.65 bits per heavy atom. The average molecular weight is 784 g/mol. The normalized spacial score (nSPS) is 14.1. The van der Waals surface area contributed by atoms with Gasteiger partial charge in [0.1, 0.15) is 0 Å². The van der Waals surface area contributed by atoms with Crippen LogP contribution < -0.4 is 4.90 Å². The molecule has 2 heteroatoms. The summed E-state index contributed by atoms with van der Waals surface area (Å²) in [6, 6.07) is 79.1. The molecule has 284 valence electrons. The quantitative estimate of drug-likeness (QED) is 0.162. The van der Waals surface area contributed by atoms with E-state index in [4.69, 9.17) is 0 Å². The smallest absolute Gasteiger partial charge is 0.0714 e. The Kier molecular flexibility index (Phi) is 7.73. The molecule has 0 saturated heterocycles. The van der Waals surface area contributed by atoms with Gasteiger partial charge in [-0.25, -0.2) is 0 Å². The highest BCUT2D eigenvalue weighted by Gasteiger charge is 2.46. The van der Waals surface area contributed by atoms with Crippen molar-refractivity contribution in [2.24, 2.45) is 0 Å². The molecule has 10 aromatic rings. The van der Waals surface area contributed by atoms with Crippen LogP contribution in [0.2, 0.25) is 0 Å². The second-order valence-corrected chi connectivity index (χ2v) is 17.9. The molecule has 1 heterocycles. The highest BCUT2D eigenvalue weighted by Crippen LogP contribution is 2.57. The average Bonchev–Trinajstić information content (AvgIpc) is 3.91. The van der Waals surface area contributed by atoms with Gasteiger partial charge in [-0.05, 0) is 103 Å². The molecule has 2 aliphatic rings. The van der Waals surface area contributed by atoms with Crippen molar-refractivity contribution in [3.8, 4) is 33.4 Å². The monoisotopic (exact) mass is 783 g/mol. The highest BCUT2D eigenvalue weighted by molar-refractivity contribution is 7.26. The maximum atomic E-state index is 2.49. The number of fused-ring (bicyclic) bond motifs is 9. The first-order valence-electron chi connectivity index (χ1n) is 20.9. The van der Waals surface area contributed by atoms with Crippen LogP contribution in [-0.2, 0) is 10.8 Å². The third-order valence-corrected chi connectivity index (χ3v) is 14.6. The van der Waals surface area contributed by atoms with Crippen LogP contribution in [0.1, 0.15) is 47.2 Å². The van der Waals surface area contributed by atoms with Crippen molar-refractivity contribution in [2.75, 3.05) is 4.90 Å². The largest absolute Gasteiger partial charge is 0.309 e. The third-order valence-electron chi connectivity index (χ3n) is 13.4. The molecule has 12 rings (SSSR count). The molecule has 0 bridgehead atoms. The molecule has 0 atom stereocenters. The van der Waals surface area contributed by atoms with Gasteiger partial charge in [0.2, 0.25) is 0 Å². The number of hydrogen-bond acceptors (Lipinski definition) is 2. The van der Waals surface area contributed by atoms with E-state index in [1.807, 2.05) is 11.3 Å². The molecule has 0 N–H and O–H groups in total. The van der Waals surface area contributed by atoms with E-state index >= 15 is 0 Å². The van der Waals surface area contributed by atoms with Crippen molar-refractivity contribution in [2.45, 2.75) is 24.7 Å². The molecule has 2 aliphatic carbocycles. The summed E-state index contributed by atoms with van der Waals surface area (Å²) in [6.07, 6.45) is 0. The topological polar surface area (TPSA) is 3.24 Å². The number of thiophene rings is 1. The zero-order valence-corrected chi connectivity index (χ0v) is 34.4. The maximum Gasteiger partial charge on any atom is 0.0714 e. The fourth-order valence-electron chi connectivity index (χ4n) is 10.6. The van der Waals surface area contributed by atoms with Gasteiger partial charge in [0.05, 0.1) is 15.8 Å². The molecule has 0 aliphatic heterocycles. The molecule has 1 aromatic heterocycles. The minimum atomic E-state index is -0.441. The second kappa shape index (κ2) is 13.3. The Balaban J connectivity index is 1.07. The molecule has 0 spiro atoms. The van der Waals surface area contributed by atoms with Crippen molar-refractivity contribution in [1.82, 2.24) is 0 Å². The first-order valence-corrected chi connectivity index (χ1v) is 21.7. The standard InChI is InChI=1S/C58H41NS/c1-57(2)50-24-12-9-20-44(50)47-35-33-43(37-53(47)57)59(42-31-28-39(29-32-42)38-16-5-3-6-17-38)54-27-15-23-49-48-34-30-41(36-55(48)60-56(49)54)58(40-18-7-4-8-19-40)51-25-13-10-21-45(51)46-22-11-14-26-52(46)58/h3-37H,1-2H3. The van der Waals surface area contributed by atoms with Gasteiger partial charge < -0.3 is 4.90 Å². The lowest BCUT2D eigenvalue weighted by Crippen LogP contribution is -2.28. The number of hydrogen-bond donors (Lipinski definition) is 0. The summed E-state index contributed by atoms with van der Waals surface area (Å²) >= 11 is 1.91. The molecule has 0 saturated carbocycles. The summed E-state index contributed by atoms with van der Waals surface area (Å²) in [6.45, 7) is 4.74. The minimum absolute atomic E-state index is 0.114. The van der Waals surface area contributed by atoms with E-state index in [9.17, 15) is 0 Å². The SMILES string of the molecule is CC1(C)c2ccccc2-c2ccc(N(c3ccc(-c4ccccc4)cc3)c3cccc4c3sc3cc(C5(c6ccccc6)c6ccccc6-c6ccccc65)ccc34)cc21. The summed E-state index contributed by atoms with van der Waals surface area (Å²) in [5.74, 6) is 0. The Labute approximate surface area is 355 Å². The van der Waals surface area contributed by atoms with Crippen molar-refractivity contribution >= 4 is 48.6 Å². The summed E-state index contributed by atoms with van der Waals surface area (Å²) in [4.78, 5) is 2.49. The number of anilines is 3. The fraction of sp³-hybridized carbons (Fsp3) is 0.0690. The predicted octanol–water partition coefficient (Wildman–Crippen LogP) is 15.9. The molecule has 0 unspecified atom stereocenters. The van der Waals surface area contributed by atoms with Gasteiger partial charge in [-0.2, -0.15) is 0 Å². The summed E-state index contributed by atoms with van der Waals surface area (Å²) in [5, 5.41) is 2.56. The molecule has 9 aromatic carbocycles. The number of nitrogens with zero attached hydrogens (tertiary/aromatic N) is 1.